The van der Waals surface area contributed by atoms with Crippen LogP contribution in [0, 0.1) is 0 Å². The minimum absolute atomic E-state index is 0.231. The summed E-state index contributed by atoms with van der Waals surface area (Å²) < 4.78 is 3.85. The highest BCUT2D eigenvalue weighted by Gasteiger charge is 2.14. The summed E-state index contributed by atoms with van der Waals surface area (Å²) in [5.41, 5.74) is 0.193. The first kappa shape index (κ1) is 10.8. The van der Waals surface area contributed by atoms with Crippen LogP contribution in [0.4, 0.5) is 0 Å². The van der Waals surface area contributed by atoms with Gasteiger partial charge in [0.25, 0.3) is 5.56 Å². The first-order chi connectivity index (χ1) is 8.69. The molecule has 0 fully saturated rings. The molecule has 0 aliphatic heterocycles. The minimum atomic E-state index is -0.580. The fourth-order valence-electron chi connectivity index (χ4n) is 1.66. The molecule has 3 aromatic rings. The van der Waals surface area contributed by atoms with Crippen molar-refractivity contribution in [1.82, 2.24) is 29.5 Å². The Bertz CT molecular complexity index is 825. The molecule has 0 spiro atoms. The molecule has 92 valence electrons. The number of fused-ring (bicyclic) bond motifs is 1. The number of aromatic amines is 3. The molecule has 0 atom stereocenters. The van der Waals surface area contributed by atoms with E-state index in [1.54, 1.807) is 0 Å². The van der Waals surface area contributed by atoms with Gasteiger partial charge in [-0.25, -0.2) is 9.78 Å². The Hall–Kier alpha value is -2.29. The molecule has 3 N–H and O–H groups in total. The number of hydrogen-bond donors (Lipinski definition) is 3. The average molecular weight is 264 g/mol. The molecule has 0 aromatic carbocycles. The van der Waals surface area contributed by atoms with E-state index in [1.165, 1.54) is 11.5 Å². The van der Waals surface area contributed by atoms with E-state index in [0.29, 0.717) is 5.82 Å². The Kier molecular flexibility index (Phi) is 2.33. The first-order valence-corrected chi connectivity index (χ1v) is 6.00. The third-order valence-electron chi connectivity index (χ3n) is 2.50. The molecule has 0 saturated carbocycles. The lowest BCUT2D eigenvalue weighted by molar-refractivity contribution is 0.989. The van der Waals surface area contributed by atoms with E-state index in [-0.39, 0.29) is 11.2 Å². The van der Waals surface area contributed by atoms with Crippen molar-refractivity contribution in [3.8, 4) is 10.7 Å². The van der Waals surface area contributed by atoms with Gasteiger partial charge in [0.05, 0.1) is 5.69 Å². The van der Waals surface area contributed by atoms with Gasteiger partial charge >= 0.3 is 5.69 Å². The van der Waals surface area contributed by atoms with Crippen LogP contribution in [0.15, 0.2) is 9.59 Å². The van der Waals surface area contributed by atoms with Crippen molar-refractivity contribution in [2.24, 2.45) is 0 Å². The lowest BCUT2D eigenvalue weighted by Crippen LogP contribution is -2.21. The molecule has 0 radical (unpaired) electrons. The standard InChI is InChI=1S/C9H8N6O2S/c1-2-3-5(18-15-14-3)7-10-4-6(11-7)12-9(17)13-8(4)16/h2H2,1H3,(H3,10,11,12,13,16,17). The summed E-state index contributed by atoms with van der Waals surface area (Å²) in [6.45, 7) is 1.96. The van der Waals surface area contributed by atoms with Crippen LogP contribution in [-0.4, -0.2) is 29.5 Å². The molecular formula is C9H8N6O2S. The highest BCUT2D eigenvalue weighted by molar-refractivity contribution is 7.09. The Morgan fingerprint density at radius 3 is 2.83 bits per heavy atom. The van der Waals surface area contributed by atoms with Gasteiger partial charge in [0, 0.05) is 0 Å². The SMILES string of the molecule is CCc1nnsc1-c1nc2[nH]c(=O)[nH]c(=O)c2[nH]1. The van der Waals surface area contributed by atoms with E-state index in [1.807, 2.05) is 6.92 Å². The fourth-order valence-corrected chi connectivity index (χ4v) is 2.35. The molecule has 0 aliphatic carbocycles. The molecule has 3 rings (SSSR count). The molecule has 3 aromatic heterocycles. The van der Waals surface area contributed by atoms with Gasteiger partial charge in [-0.1, -0.05) is 11.4 Å². The number of hydrogen-bond acceptors (Lipinski definition) is 6. The van der Waals surface area contributed by atoms with Crippen LogP contribution < -0.4 is 11.2 Å². The van der Waals surface area contributed by atoms with Gasteiger partial charge in [-0.05, 0) is 18.0 Å². The third-order valence-corrected chi connectivity index (χ3v) is 3.27. The predicted molar refractivity (Wildman–Crippen MR) is 65.6 cm³/mol. The Balaban J connectivity index is 2.29. The number of aromatic nitrogens is 6. The van der Waals surface area contributed by atoms with Crippen LogP contribution in [0.1, 0.15) is 12.6 Å². The van der Waals surface area contributed by atoms with Gasteiger partial charge in [0.1, 0.15) is 10.4 Å². The molecule has 0 saturated heterocycles. The van der Waals surface area contributed by atoms with Gasteiger partial charge < -0.3 is 4.98 Å². The maximum atomic E-state index is 11.6. The summed E-state index contributed by atoms with van der Waals surface area (Å²) in [5, 5.41) is 3.97. The van der Waals surface area contributed by atoms with Gasteiger partial charge in [0.15, 0.2) is 11.5 Å². The van der Waals surface area contributed by atoms with Gasteiger partial charge in [-0.3, -0.25) is 14.8 Å². The van der Waals surface area contributed by atoms with E-state index < -0.39 is 11.2 Å². The van der Waals surface area contributed by atoms with E-state index in [0.717, 1.165) is 17.0 Å². The van der Waals surface area contributed by atoms with E-state index in [2.05, 4.69) is 29.5 Å². The van der Waals surface area contributed by atoms with E-state index >= 15 is 0 Å². The van der Waals surface area contributed by atoms with E-state index in [9.17, 15) is 9.59 Å². The van der Waals surface area contributed by atoms with Crippen molar-refractivity contribution < 1.29 is 0 Å². The van der Waals surface area contributed by atoms with Crippen molar-refractivity contribution in [2.45, 2.75) is 13.3 Å². The number of rotatable bonds is 2. The van der Waals surface area contributed by atoms with Crippen molar-refractivity contribution in [2.75, 3.05) is 0 Å². The van der Waals surface area contributed by atoms with Crippen LogP contribution in [-0.2, 0) is 6.42 Å². The van der Waals surface area contributed by atoms with Crippen LogP contribution in [0.25, 0.3) is 21.9 Å². The Morgan fingerprint density at radius 2 is 2.06 bits per heavy atom. The van der Waals surface area contributed by atoms with Gasteiger partial charge in [-0.15, -0.1) is 5.10 Å². The third kappa shape index (κ3) is 1.56. The van der Waals surface area contributed by atoms with Crippen molar-refractivity contribution in [3.05, 3.63) is 26.5 Å². The largest absolute Gasteiger partial charge is 0.331 e. The molecular weight excluding hydrogens is 256 g/mol. The zero-order valence-electron chi connectivity index (χ0n) is 9.27. The maximum absolute atomic E-state index is 11.6. The summed E-state index contributed by atoms with van der Waals surface area (Å²) in [7, 11) is 0. The highest BCUT2D eigenvalue weighted by atomic mass is 32.1. The van der Waals surface area contributed by atoms with Crippen LogP contribution in [0.2, 0.25) is 0 Å². The minimum Gasteiger partial charge on any atom is -0.331 e. The monoisotopic (exact) mass is 264 g/mol. The van der Waals surface area contributed by atoms with Crippen LogP contribution in [0.3, 0.4) is 0 Å². The van der Waals surface area contributed by atoms with Crippen molar-refractivity contribution in [1.29, 1.82) is 0 Å². The fraction of sp³-hybridized carbons (Fsp3) is 0.222. The number of H-pyrrole nitrogens is 3. The highest BCUT2D eigenvalue weighted by Crippen LogP contribution is 2.24. The van der Waals surface area contributed by atoms with Crippen molar-refractivity contribution >= 4 is 22.7 Å². The Labute approximate surface area is 103 Å². The topological polar surface area (TPSA) is 120 Å². The smallest absolute Gasteiger partial charge is 0.327 e. The summed E-state index contributed by atoms with van der Waals surface area (Å²) in [4.78, 5) is 35.1. The lowest BCUT2D eigenvalue weighted by Gasteiger charge is -1.91. The number of aryl methyl sites for hydroxylation is 1. The second-order valence-electron chi connectivity index (χ2n) is 3.62. The average Bonchev–Trinajstić information content (AvgIpc) is 2.92. The quantitative estimate of drug-likeness (QED) is 0.602. The maximum Gasteiger partial charge on any atom is 0.327 e. The molecule has 9 heteroatoms. The van der Waals surface area contributed by atoms with Gasteiger partial charge in [0.2, 0.25) is 0 Å². The number of nitrogens with zero attached hydrogens (tertiary/aromatic N) is 3. The number of nitrogens with one attached hydrogen (secondary N) is 3. The summed E-state index contributed by atoms with van der Waals surface area (Å²) in [6, 6.07) is 0. The molecule has 18 heavy (non-hydrogen) atoms. The molecule has 0 bridgehead atoms. The molecule has 0 amide bonds. The second-order valence-corrected chi connectivity index (χ2v) is 4.37. The summed E-state index contributed by atoms with van der Waals surface area (Å²) in [6.07, 6.45) is 0.718. The zero-order valence-corrected chi connectivity index (χ0v) is 10.1. The van der Waals surface area contributed by atoms with E-state index in [4.69, 9.17) is 0 Å². The van der Waals surface area contributed by atoms with Crippen molar-refractivity contribution in [3.63, 3.8) is 0 Å². The van der Waals surface area contributed by atoms with Crippen LogP contribution in [0.5, 0.6) is 0 Å². The normalized spacial score (nSPS) is 11.2. The summed E-state index contributed by atoms with van der Waals surface area (Å²) in [5.74, 6) is 0.490. The van der Waals surface area contributed by atoms with Gasteiger partial charge in [-0.2, -0.15) is 0 Å². The molecule has 8 nitrogen and oxygen atoms in total. The number of imidazole rings is 1. The van der Waals surface area contributed by atoms with Crippen LogP contribution >= 0.6 is 11.5 Å². The Morgan fingerprint density at radius 1 is 1.22 bits per heavy atom. The second kappa shape index (κ2) is 3.88. The lowest BCUT2D eigenvalue weighted by atomic mass is 10.3. The molecule has 0 aliphatic rings. The zero-order chi connectivity index (χ0) is 12.7. The summed E-state index contributed by atoms with van der Waals surface area (Å²) >= 11 is 1.19. The predicted octanol–water partition coefficient (Wildman–Crippen LogP) is 0.0204. The first-order valence-electron chi connectivity index (χ1n) is 5.23. The molecule has 0 unspecified atom stereocenters. The molecule has 3 heterocycles.